The van der Waals surface area contributed by atoms with Gasteiger partial charge in [0.2, 0.25) is 5.95 Å². The molecule has 2 N–H and O–H groups in total. The lowest BCUT2D eigenvalue weighted by atomic mass is 10.1. The second kappa shape index (κ2) is 9.18. The number of benzene rings is 2. The molecule has 3 heterocycles. The Balaban J connectivity index is 1.49. The molecule has 1 aliphatic rings. The maximum atomic E-state index is 11.9. The first-order valence-electron chi connectivity index (χ1n) is 11.3. The number of imidazole rings is 1. The number of aromatic nitrogens is 4. The zero-order valence-corrected chi connectivity index (χ0v) is 19.4. The number of hydrogen-bond acceptors (Lipinski definition) is 9. The van der Waals surface area contributed by atoms with E-state index >= 15 is 0 Å². The summed E-state index contributed by atoms with van der Waals surface area (Å²) in [5.74, 6) is 1.36. The average Bonchev–Trinajstić information content (AvgIpc) is 3.21. The number of methoxy groups -OCH3 is 1. The lowest BCUT2D eigenvalue weighted by Crippen LogP contribution is -2.36. The van der Waals surface area contributed by atoms with Crippen LogP contribution in [0.4, 0.5) is 23.0 Å². The van der Waals surface area contributed by atoms with E-state index in [4.69, 9.17) is 4.74 Å². The summed E-state index contributed by atoms with van der Waals surface area (Å²) < 4.78 is 7.50. The first-order chi connectivity index (χ1) is 16.9. The predicted octanol–water partition coefficient (Wildman–Crippen LogP) is 3.65. The van der Waals surface area contributed by atoms with Crippen molar-refractivity contribution >= 4 is 34.0 Å². The number of hydrogen-bond donors (Lipinski definition) is 2. The van der Waals surface area contributed by atoms with Crippen molar-refractivity contribution in [1.29, 1.82) is 0 Å². The predicted molar refractivity (Wildman–Crippen MR) is 132 cm³/mol. The normalized spacial score (nSPS) is 14.3. The van der Waals surface area contributed by atoms with Crippen molar-refractivity contribution in [3.8, 4) is 17.3 Å². The zero-order valence-electron chi connectivity index (χ0n) is 19.4. The highest BCUT2D eigenvalue weighted by molar-refractivity contribution is 5.80. The number of rotatable bonds is 6. The van der Waals surface area contributed by atoms with E-state index in [1.807, 2.05) is 40.8 Å². The van der Waals surface area contributed by atoms with Crippen LogP contribution in [0.1, 0.15) is 12.8 Å². The van der Waals surface area contributed by atoms with Crippen molar-refractivity contribution in [2.24, 2.45) is 7.05 Å². The van der Waals surface area contributed by atoms with E-state index in [-0.39, 0.29) is 17.7 Å². The standard InChI is InChI=1S/C24H25N7O4/c1-29-19-6-4-3-5-16(19)26-23(29)17-7-10-25-24(27-17)28-18-13-21(31(33)34)20(14-22(18)35-2)30-11-8-15(32)9-12-30/h3-7,10,13-15,32H,8-9,11-12H2,1-2H3,(H,25,27,28). The smallest absolute Gasteiger partial charge is 0.294 e. The lowest BCUT2D eigenvalue weighted by molar-refractivity contribution is -0.384. The van der Waals surface area contributed by atoms with Crippen molar-refractivity contribution in [2.75, 3.05) is 30.4 Å². The summed E-state index contributed by atoms with van der Waals surface area (Å²) in [6, 6.07) is 12.7. The molecule has 1 fully saturated rings. The Morgan fingerprint density at radius 3 is 2.66 bits per heavy atom. The fraction of sp³-hybridized carbons (Fsp3) is 0.292. The molecule has 0 atom stereocenters. The molecule has 4 aromatic rings. The van der Waals surface area contributed by atoms with Gasteiger partial charge in [0.25, 0.3) is 5.69 Å². The summed E-state index contributed by atoms with van der Waals surface area (Å²) in [7, 11) is 3.43. The van der Waals surface area contributed by atoms with Crippen LogP contribution in [-0.4, -0.2) is 55.9 Å². The molecule has 0 amide bonds. The molecule has 35 heavy (non-hydrogen) atoms. The van der Waals surface area contributed by atoms with E-state index in [9.17, 15) is 15.2 Å². The van der Waals surface area contributed by atoms with Gasteiger partial charge in [-0.25, -0.2) is 15.0 Å². The Morgan fingerprint density at radius 1 is 1.17 bits per heavy atom. The molecule has 0 saturated carbocycles. The minimum Gasteiger partial charge on any atom is -0.494 e. The largest absolute Gasteiger partial charge is 0.494 e. The molecule has 0 spiro atoms. The number of aliphatic hydroxyl groups is 1. The van der Waals surface area contributed by atoms with Crippen LogP contribution in [0.3, 0.4) is 0 Å². The molecule has 180 valence electrons. The van der Waals surface area contributed by atoms with E-state index in [1.165, 1.54) is 13.2 Å². The monoisotopic (exact) mass is 475 g/mol. The van der Waals surface area contributed by atoms with Crippen molar-refractivity contribution < 1.29 is 14.8 Å². The molecule has 0 aliphatic carbocycles. The van der Waals surface area contributed by atoms with Crippen molar-refractivity contribution in [3.05, 3.63) is 58.8 Å². The number of aryl methyl sites for hydroxylation is 1. The molecule has 11 heteroatoms. The average molecular weight is 476 g/mol. The molecule has 1 aliphatic heterocycles. The maximum absolute atomic E-state index is 11.9. The summed E-state index contributed by atoms with van der Waals surface area (Å²) in [5, 5.41) is 24.8. The Kier molecular flexibility index (Phi) is 5.91. The number of nitro benzene ring substituents is 1. The van der Waals surface area contributed by atoms with Crippen LogP contribution in [0.2, 0.25) is 0 Å². The van der Waals surface area contributed by atoms with Crippen LogP contribution in [0.5, 0.6) is 5.75 Å². The second-order valence-electron chi connectivity index (χ2n) is 8.39. The van der Waals surface area contributed by atoms with Gasteiger partial charge in [-0.3, -0.25) is 10.1 Å². The van der Waals surface area contributed by atoms with Gasteiger partial charge in [0, 0.05) is 38.5 Å². The van der Waals surface area contributed by atoms with Gasteiger partial charge >= 0.3 is 0 Å². The van der Waals surface area contributed by atoms with Gasteiger partial charge in [0.05, 0.1) is 34.9 Å². The molecule has 0 radical (unpaired) electrons. The zero-order chi connectivity index (χ0) is 24.5. The molecule has 2 aromatic carbocycles. The third-order valence-electron chi connectivity index (χ3n) is 6.22. The van der Waals surface area contributed by atoms with Crippen LogP contribution in [0, 0.1) is 10.1 Å². The van der Waals surface area contributed by atoms with Crippen molar-refractivity contribution in [2.45, 2.75) is 18.9 Å². The highest BCUT2D eigenvalue weighted by atomic mass is 16.6. The van der Waals surface area contributed by atoms with Gasteiger partial charge in [-0.1, -0.05) is 12.1 Å². The minimum atomic E-state index is -0.415. The maximum Gasteiger partial charge on any atom is 0.294 e. The number of nitro groups is 1. The topological polar surface area (TPSA) is 131 Å². The molecule has 11 nitrogen and oxygen atoms in total. The SMILES string of the molecule is COc1cc(N2CCC(O)CC2)c([N+](=O)[O-])cc1Nc1nccc(-c2nc3ccccc3n2C)n1. The first kappa shape index (κ1) is 22.5. The number of aliphatic hydroxyl groups excluding tert-OH is 1. The lowest BCUT2D eigenvalue weighted by Gasteiger charge is -2.31. The van der Waals surface area contributed by atoms with E-state index in [0.717, 1.165) is 11.0 Å². The summed E-state index contributed by atoms with van der Waals surface area (Å²) in [5.41, 5.74) is 3.22. The van der Waals surface area contributed by atoms with Crippen molar-refractivity contribution in [1.82, 2.24) is 19.5 Å². The molecule has 1 saturated heterocycles. The highest BCUT2D eigenvalue weighted by Gasteiger charge is 2.27. The number of nitrogens with zero attached hydrogens (tertiary/aromatic N) is 6. The van der Waals surface area contributed by atoms with E-state index in [0.29, 0.717) is 54.6 Å². The first-order valence-corrected chi connectivity index (χ1v) is 11.3. The van der Waals surface area contributed by atoms with Crippen LogP contribution < -0.4 is 15.0 Å². The third-order valence-corrected chi connectivity index (χ3v) is 6.22. The van der Waals surface area contributed by atoms with Crippen LogP contribution >= 0.6 is 0 Å². The number of fused-ring (bicyclic) bond motifs is 1. The quantitative estimate of drug-likeness (QED) is 0.317. The van der Waals surface area contributed by atoms with Crippen molar-refractivity contribution in [3.63, 3.8) is 0 Å². The Labute approximate surface area is 201 Å². The summed E-state index contributed by atoms with van der Waals surface area (Å²) in [4.78, 5) is 27.0. The van der Waals surface area contributed by atoms with Gasteiger partial charge in [-0.05, 0) is 31.0 Å². The highest BCUT2D eigenvalue weighted by Crippen LogP contribution is 2.40. The summed E-state index contributed by atoms with van der Waals surface area (Å²) in [6.45, 7) is 1.06. The molecule has 2 aromatic heterocycles. The number of piperidine rings is 1. The van der Waals surface area contributed by atoms with E-state index in [2.05, 4.69) is 20.3 Å². The Morgan fingerprint density at radius 2 is 1.94 bits per heavy atom. The van der Waals surface area contributed by atoms with Gasteiger partial charge in [-0.15, -0.1) is 0 Å². The van der Waals surface area contributed by atoms with Gasteiger partial charge in [0.1, 0.15) is 17.1 Å². The summed E-state index contributed by atoms with van der Waals surface area (Å²) in [6.07, 6.45) is 2.34. The van der Waals surface area contributed by atoms with E-state index in [1.54, 1.807) is 18.3 Å². The number of para-hydroxylation sites is 2. The van der Waals surface area contributed by atoms with Crippen LogP contribution in [0.25, 0.3) is 22.6 Å². The minimum absolute atomic E-state index is 0.0591. The Bertz CT molecular complexity index is 1400. The molecular formula is C24H25N7O4. The van der Waals surface area contributed by atoms with Crippen LogP contribution in [-0.2, 0) is 7.05 Å². The number of ether oxygens (including phenoxy) is 1. The molecule has 0 bridgehead atoms. The fourth-order valence-electron chi connectivity index (χ4n) is 4.37. The Hall–Kier alpha value is -4.25. The second-order valence-corrected chi connectivity index (χ2v) is 8.39. The van der Waals surface area contributed by atoms with Gasteiger partial charge in [0.15, 0.2) is 5.82 Å². The molecule has 0 unspecified atom stereocenters. The fourth-order valence-corrected chi connectivity index (χ4v) is 4.37. The molecule has 5 rings (SSSR count). The number of nitrogens with one attached hydrogen (secondary N) is 1. The summed E-state index contributed by atoms with van der Waals surface area (Å²) >= 11 is 0. The third kappa shape index (κ3) is 4.33. The number of anilines is 3. The van der Waals surface area contributed by atoms with Crippen LogP contribution in [0.15, 0.2) is 48.7 Å². The van der Waals surface area contributed by atoms with Gasteiger partial charge < -0.3 is 24.6 Å². The van der Waals surface area contributed by atoms with E-state index < -0.39 is 4.92 Å². The van der Waals surface area contributed by atoms with Gasteiger partial charge in [-0.2, -0.15) is 0 Å². The molecular weight excluding hydrogens is 450 g/mol.